The third kappa shape index (κ3) is 4.84. The third-order valence-electron chi connectivity index (χ3n) is 3.04. The normalized spacial score (nSPS) is 10.1. The van der Waals surface area contributed by atoms with E-state index in [1.54, 1.807) is 12.1 Å². The zero-order chi connectivity index (χ0) is 15.1. The molecule has 0 heterocycles. The van der Waals surface area contributed by atoms with E-state index < -0.39 is 0 Å². The van der Waals surface area contributed by atoms with E-state index in [-0.39, 0.29) is 5.91 Å². The summed E-state index contributed by atoms with van der Waals surface area (Å²) in [4.78, 5) is 11.9. The lowest BCUT2D eigenvalue weighted by molar-refractivity contribution is -0.120. The number of carbonyl (C=O) groups excluding carboxylic acids is 1. The second kappa shape index (κ2) is 7.33. The van der Waals surface area contributed by atoms with Crippen LogP contribution < -0.4 is 15.8 Å². The first-order valence-corrected chi connectivity index (χ1v) is 7.00. The maximum Gasteiger partial charge on any atom is 0.224 e. The average molecular weight is 284 g/mol. The Kier molecular flexibility index (Phi) is 5.21. The molecule has 0 radical (unpaired) electrons. The van der Waals surface area contributed by atoms with E-state index in [1.165, 1.54) is 0 Å². The van der Waals surface area contributed by atoms with E-state index in [1.807, 2.05) is 43.3 Å². The summed E-state index contributed by atoms with van der Waals surface area (Å²) in [6, 6.07) is 15.1. The highest BCUT2D eigenvalue weighted by Gasteiger charge is 2.04. The number of nitrogens with two attached hydrogens (primary N) is 1. The van der Waals surface area contributed by atoms with Crippen molar-refractivity contribution in [3.63, 3.8) is 0 Å². The van der Waals surface area contributed by atoms with Crippen molar-refractivity contribution < 1.29 is 9.53 Å². The lowest BCUT2D eigenvalue weighted by Gasteiger charge is -2.08. The van der Waals surface area contributed by atoms with E-state index in [0.717, 1.165) is 16.9 Å². The topological polar surface area (TPSA) is 64.3 Å². The van der Waals surface area contributed by atoms with Crippen LogP contribution in [-0.2, 0) is 17.8 Å². The Hall–Kier alpha value is -2.49. The summed E-state index contributed by atoms with van der Waals surface area (Å²) < 4.78 is 5.44. The zero-order valence-corrected chi connectivity index (χ0v) is 12.1. The summed E-state index contributed by atoms with van der Waals surface area (Å²) in [5, 5.41) is 2.91. The highest BCUT2D eigenvalue weighted by molar-refractivity contribution is 5.78. The summed E-state index contributed by atoms with van der Waals surface area (Å²) in [6.07, 6.45) is 0.353. The van der Waals surface area contributed by atoms with Crippen molar-refractivity contribution in [2.45, 2.75) is 19.9 Å². The van der Waals surface area contributed by atoms with Gasteiger partial charge >= 0.3 is 0 Å². The van der Waals surface area contributed by atoms with Gasteiger partial charge in [0.1, 0.15) is 5.75 Å². The highest BCUT2D eigenvalue weighted by Crippen LogP contribution is 2.13. The van der Waals surface area contributed by atoms with Crippen molar-refractivity contribution in [2.24, 2.45) is 0 Å². The van der Waals surface area contributed by atoms with E-state index in [4.69, 9.17) is 10.5 Å². The van der Waals surface area contributed by atoms with Gasteiger partial charge in [0.25, 0.3) is 0 Å². The highest BCUT2D eigenvalue weighted by atomic mass is 16.5. The lowest BCUT2D eigenvalue weighted by atomic mass is 10.1. The quantitative estimate of drug-likeness (QED) is 0.801. The molecule has 0 bridgehead atoms. The van der Waals surface area contributed by atoms with Crippen LogP contribution >= 0.6 is 0 Å². The average Bonchev–Trinajstić information content (AvgIpc) is 2.48. The number of benzene rings is 2. The Balaban J connectivity index is 1.86. The van der Waals surface area contributed by atoms with Crippen LogP contribution in [-0.4, -0.2) is 12.5 Å². The van der Waals surface area contributed by atoms with Gasteiger partial charge in [0.15, 0.2) is 0 Å². The minimum absolute atomic E-state index is 0.0124. The van der Waals surface area contributed by atoms with Gasteiger partial charge in [-0.25, -0.2) is 0 Å². The molecule has 0 aromatic heterocycles. The Labute approximate surface area is 124 Å². The first-order valence-electron chi connectivity index (χ1n) is 7.00. The van der Waals surface area contributed by atoms with Crippen molar-refractivity contribution in [2.75, 3.05) is 12.3 Å². The van der Waals surface area contributed by atoms with Crippen LogP contribution in [0.5, 0.6) is 5.75 Å². The number of carbonyl (C=O) groups is 1. The van der Waals surface area contributed by atoms with Gasteiger partial charge in [-0.3, -0.25) is 4.79 Å². The van der Waals surface area contributed by atoms with Crippen molar-refractivity contribution >= 4 is 11.6 Å². The number of amides is 1. The van der Waals surface area contributed by atoms with Crippen molar-refractivity contribution in [1.29, 1.82) is 0 Å². The fraction of sp³-hybridized carbons (Fsp3) is 0.235. The molecule has 2 aromatic carbocycles. The minimum atomic E-state index is -0.0124. The van der Waals surface area contributed by atoms with Crippen LogP contribution in [0.1, 0.15) is 18.1 Å². The van der Waals surface area contributed by atoms with Gasteiger partial charge in [0, 0.05) is 12.2 Å². The first-order chi connectivity index (χ1) is 10.2. The third-order valence-corrected chi connectivity index (χ3v) is 3.04. The number of anilines is 1. The number of ether oxygens (including phenoxy) is 1. The molecule has 4 nitrogen and oxygen atoms in total. The van der Waals surface area contributed by atoms with Gasteiger partial charge in [-0.1, -0.05) is 24.3 Å². The summed E-state index contributed by atoms with van der Waals surface area (Å²) in [7, 11) is 0. The molecule has 0 fully saturated rings. The molecule has 21 heavy (non-hydrogen) atoms. The monoisotopic (exact) mass is 284 g/mol. The van der Waals surface area contributed by atoms with E-state index in [2.05, 4.69) is 5.32 Å². The van der Waals surface area contributed by atoms with Gasteiger partial charge < -0.3 is 15.8 Å². The van der Waals surface area contributed by atoms with Crippen LogP contribution in [0, 0.1) is 0 Å². The van der Waals surface area contributed by atoms with Crippen LogP contribution in [0.15, 0.2) is 48.5 Å². The van der Waals surface area contributed by atoms with Crippen LogP contribution in [0.4, 0.5) is 5.69 Å². The number of hydrogen-bond acceptors (Lipinski definition) is 3. The van der Waals surface area contributed by atoms with E-state index >= 15 is 0 Å². The molecule has 110 valence electrons. The Bertz CT molecular complexity index is 594. The number of hydrogen-bond donors (Lipinski definition) is 2. The summed E-state index contributed by atoms with van der Waals surface area (Å²) >= 11 is 0. The summed E-state index contributed by atoms with van der Waals surface area (Å²) in [6.45, 7) is 3.07. The maximum atomic E-state index is 11.9. The van der Waals surface area contributed by atoms with Crippen LogP contribution in [0.3, 0.4) is 0 Å². The molecule has 1 amide bonds. The Morgan fingerprint density at radius 3 is 2.62 bits per heavy atom. The molecular weight excluding hydrogens is 264 g/mol. The van der Waals surface area contributed by atoms with Gasteiger partial charge in [0.05, 0.1) is 13.0 Å². The predicted molar refractivity (Wildman–Crippen MR) is 84.0 cm³/mol. The molecule has 0 spiro atoms. The van der Waals surface area contributed by atoms with Crippen LogP contribution in [0.2, 0.25) is 0 Å². The van der Waals surface area contributed by atoms with Gasteiger partial charge in [-0.2, -0.15) is 0 Å². The Morgan fingerprint density at radius 2 is 1.90 bits per heavy atom. The second-order valence-electron chi connectivity index (χ2n) is 4.78. The minimum Gasteiger partial charge on any atom is -0.494 e. The fourth-order valence-corrected chi connectivity index (χ4v) is 2.00. The SMILES string of the molecule is CCOc1cccc(CNC(=O)Cc2ccc(N)cc2)c1. The molecule has 0 aliphatic heterocycles. The molecular formula is C17H20N2O2. The summed E-state index contributed by atoms with van der Waals surface area (Å²) in [5.41, 5.74) is 8.29. The maximum absolute atomic E-state index is 11.9. The number of nitrogens with one attached hydrogen (secondary N) is 1. The standard InChI is InChI=1S/C17H20N2O2/c1-2-21-16-5-3-4-14(10-16)12-19-17(20)11-13-6-8-15(18)9-7-13/h3-10H,2,11-12,18H2,1H3,(H,19,20). The first kappa shape index (κ1) is 14.9. The molecule has 0 atom stereocenters. The molecule has 0 saturated carbocycles. The molecule has 0 saturated heterocycles. The van der Waals surface area contributed by atoms with Gasteiger partial charge in [-0.15, -0.1) is 0 Å². The lowest BCUT2D eigenvalue weighted by Crippen LogP contribution is -2.24. The molecule has 0 aliphatic rings. The largest absolute Gasteiger partial charge is 0.494 e. The smallest absolute Gasteiger partial charge is 0.224 e. The number of nitrogen functional groups attached to an aromatic ring is 1. The van der Waals surface area contributed by atoms with E-state index in [9.17, 15) is 4.79 Å². The molecule has 2 aromatic rings. The van der Waals surface area contributed by atoms with Crippen molar-refractivity contribution in [3.05, 3.63) is 59.7 Å². The predicted octanol–water partition coefficient (Wildman–Crippen LogP) is 2.53. The van der Waals surface area contributed by atoms with E-state index in [0.29, 0.717) is 25.3 Å². The molecule has 3 N–H and O–H groups in total. The van der Waals surface area contributed by atoms with Crippen molar-refractivity contribution in [1.82, 2.24) is 5.32 Å². The molecule has 4 heteroatoms. The molecule has 0 aliphatic carbocycles. The number of rotatable bonds is 6. The Morgan fingerprint density at radius 1 is 1.14 bits per heavy atom. The molecule has 2 rings (SSSR count). The second-order valence-corrected chi connectivity index (χ2v) is 4.78. The van der Waals surface area contributed by atoms with Crippen molar-refractivity contribution in [3.8, 4) is 5.75 Å². The molecule has 0 unspecified atom stereocenters. The van der Waals surface area contributed by atoms with Gasteiger partial charge in [0.2, 0.25) is 5.91 Å². The van der Waals surface area contributed by atoms with Gasteiger partial charge in [-0.05, 0) is 42.3 Å². The fourth-order valence-electron chi connectivity index (χ4n) is 2.00. The summed E-state index contributed by atoms with van der Waals surface area (Å²) in [5.74, 6) is 0.810. The van der Waals surface area contributed by atoms with Crippen LogP contribution in [0.25, 0.3) is 0 Å². The zero-order valence-electron chi connectivity index (χ0n) is 12.1.